The molecule has 0 heterocycles. The van der Waals surface area contributed by atoms with E-state index in [2.05, 4.69) is 31.8 Å². The number of carbonyl (C=O) groups is 1. The molecule has 2 amide bonds. The quantitative estimate of drug-likeness (QED) is 0.763. The zero-order chi connectivity index (χ0) is 13.7. The summed E-state index contributed by atoms with van der Waals surface area (Å²) in [6, 6.07) is 0.202. The topological polar surface area (TPSA) is 32.3 Å². The van der Waals surface area contributed by atoms with E-state index >= 15 is 0 Å². The van der Waals surface area contributed by atoms with Gasteiger partial charge in [-0.1, -0.05) is 23.8 Å². The summed E-state index contributed by atoms with van der Waals surface area (Å²) in [6.07, 6.45) is 4.26. The maximum atomic E-state index is 12.1. The fourth-order valence-corrected chi connectivity index (χ4v) is 2.36. The van der Waals surface area contributed by atoms with Crippen LogP contribution in [0.4, 0.5) is 4.79 Å². The Kier molecular flexibility index (Phi) is 5.45. The average Bonchev–Trinajstić information content (AvgIpc) is 2.33. The van der Waals surface area contributed by atoms with E-state index < -0.39 is 0 Å². The van der Waals surface area contributed by atoms with Crippen molar-refractivity contribution in [1.82, 2.24) is 10.2 Å². The Balaban J connectivity index is 2.65. The van der Waals surface area contributed by atoms with E-state index in [9.17, 15) is 4.79 Å². The van der Waals surface area contributed by atoms with Crippen molar-refractivity contribution >= 4 is 6.03 Å². The Morgan fingerprint density at radius 1 is 1.50 bits per heavy atom. The largest absolute Gasteiger partial charge is 0.332 e. The molecule has 1 rings (SSSR count). The highest BCUT2D eigenvalue weighted by Gasteiger charge is 2.24. The van der Waals surface area contributed by atoms with E-state index in [0.717, 1.165) is 25.9 Å². The third-order valence-corrected chi connectivity index (χ3v) is 3.84. The first-order valence-corrected chi connectivity index (χ1v) is 6.87. The second-order valence-electron chi connectivity index (χ2n) is 5.14. The van der Waals surface area contributed by atoms with Gasteiger partial charge >= 0.3 is 6.03 Å². The molecule has 3 nitrogen and oxygen atoms in total. The van der Waals surface area contributed by atoms with Gasteiger partial charge in [0.25, 0.3) is 0 Å². The molecule has 3 heteroatoms. The lowest BCUT2D eigenvalue weighted by atomic mass is 9.83. The molecule has 0 aromatic heterocycles. The summed E-state index contributed by atoms with van der Waals surface area (Å²) in [5, 5.41) is 3.13. The Morgan fingerprint density at radius 2 is 2.11 bits per heavy atom. The van der Waals surface area contributed by atoms with E-state index in [0.29, 0.717) is 5.92 Å². The third kappa shape index (κ3) is 3.62. The zero-order valence-corrected chi connectivity index (χ0v) is 12.1. The van der Waals surface area contributed by atoms with Crippen LogP contribution in [0.15, 0.2) is 23.8 Å². The maximum Gasteiger partial charge on any atom is 0.317 e. The van der Waals surface area contributed by atoms with Gasteiger partial charge in [-0.3, -0.25) is 0 Å². The van der Waals surface area contributed by atoms with Gasteiger partial charge in [0, 0.05) is 13.1 Å². The minimum atomic E-state index is 0.0418. The average molecular weight is 250 g/mol. The lowest BCUT2D eigenvalue weighted by Gasteiger charge is -2.31. The standard InChI is InChI=1S/C15H26N2O/c1-6-17(7-2)15(18)16-14-10-13(11(3)4)9-8-12(14)5/h8,13-14H,3,6-7,9-10H2,1-2,4-5H3,(H,16,18)/t13-,14-/m1/s1. The molecule has 18 heavy (non-hydrogen) atoms. The van der Waals surface area contributed by atoms with Crippen molar-refractivity contribution in [2.45, 2.75) is 46.6 Å². The molecule has 1 aliphatic rings. The number of nitrogens with zero attached hydrogens (tertiary/aromatic N) is 1. The predicted molar refractivity (Wildman–Crippen MR) is 76.5 cm³/mol. The SMILES string of the molecule is C=C(C)[C@@H]1CC=C(C)[C@H](NC(=O)N(CC)CC)C1. The number of allylic oxidation sites excluding steroid dienone is 2. The van der Waals surface area contributed by atoms with Gasteiger partial charge in [-0.15, -0.1) is 0 Å². The van der Waals surface area contributed by atoms with Gasteiger partial charge in [0.2, 0.25) is 0 Å². The molecular weight excluding hydrogens is 224 g/mol. The van der Waals surface area contributed by atoms with Crippen molar-refractivity contribution in [2.24, 2.45) is 5.92 Å². The Bertz CT molecular complexity index is 342. The lowest BCUT2D eigenvalue weighted by Crippen LogP contribution is -2.46. The molecular formula is C15H26N2O. The van der Waals surface area contributed by atoms with Crippen molar-refractivity contribution < 1.29 is 4.79 Å². The smallest absolute Gasteiger partial charge is 0.317 e. The fourth-order valence-electron chi connectivity index (χ4n) is 2.36. The first kappa shape index (κ1) is 14.8. The van der Waals surface area contributed by atoms with E-state index in [-0.39, 0.29) is 12.1 Å². The first-order valence-electron chi connectivity index (χ1n) is 6.87. The number of amides is 2. The molecule has 102 valence electrons. The van der Waals surface area contributed by atoms with Crippen LogP contribution in [0.3, 0.4) is 0 Å². The molecule has 0 aliphatic heterocycles. The van der Waals surface area contributed by atoms with Gasteiger partial charge in [0.15, 0.2) is 0 Å². The van der Waals surface area contributed by atoms with E-state index in [1.54, 1.807) is 0 Å². The maximum absolute atomic E-state index is 12.1. The Morgan fingerprint density at radius 3 is 2.61 bits per heavy atom. The number of rotatable bonds is 4. The molecule has 0 aromatic rings. The van der Waals surface area contributed by atoms with Crippen LogP contribution in [0.25, 0.3) is 0 Å². The monoisotopic (exact) mass is 250 g/mol. The van der Waals surface area contributed by atoms with Gasteiger partial charge in [-0.25, -0.2) is 4.79 Å². The highest BCUT2D eigenvalue weighted by atomic mass is 16.2. The van der Waals surface area contributed by atoms with Gasteiger partial charge in [-0.2, -0.15) is 0 Å². The van der Waals surface area contributed by atoms with E-state index in [1.165, 1.54) is 11.1 Å². The summed E-state index contributed by atoms with van der Waals surface area (Å²) in [6.45, 7) is 13.7. The van der Waals surface area contributed by atoms with Crippen molar-refractivity contribution in [3.63, 3.8) is 0 Å². The molecule has 0 saturated heterocycles. The van der Waals surface area contributed by atoms with Gasteiger partial charge in [0.05, 0.1) is 6.04 Å². The summed E-state index contributed by atoms with van der Waals surface area (Å²) in [4.78, 5) is 13.9. The van der Waals surface area contributed by atoms with Crippen LogP contribution in [-0.4, -0.2) is 30.1 Å². The molecule has 0 unspecified atom stereocenters. The van der Waals surface area contributed by atoms with E-state index in [1.807, 2.05) is 18.7 Å². The van der Waals surface area contributed by atoms with Crippen LogP contribution in [0.2, 0.25) is 0 Å². The van der Waals surface area contributed by atoms with Crippen LogP contribution in [-0.2, 0) is 0 Å². The molecule has 0 saturated carbocycles. The summed E-state index contributed by atoms with van der Waals surface area (Å²) >= 11 is 0. The summed E-state index contributed by atoms with van der Waals surface area (Å²) in [5.41, 5.74) is 2.48. The summed E-state index contributed by atoms with van der Waals surface area (Å²) < 4.78 is 0. The van der Waals surface area contributed by atoms with Crippen molar-refractivity contribution in [3.8, 4) is 0 Å². The summed E-state index contributed by atoms with van der Waals surface area (Å²) in [5.74, 6) is 0.496. The van der Waals surface area contributed by atoms with Crippen LogP contribution < -0.4 is 5.32 Å². The third-order valence-electron chi connectivity index (χ3n) is 3.84. The molecule has 0 radical (unpaired) electrons. The fraction of sp³-hybridized carbons (Fsp3) is 0.667. The Labute approximate surface area is 111 Å². The second kappa shape index (κ2) is 6.62. The van der Waals surface area contributed by atoms with Crippen LogP contribution in [0, 0.1) is 5.92 Å². The van der Waals surface area contributed by atoms with Crippen LogP contribution >= 0.6 is 0 Å². The van der Waals surface area contributed by atoms with Crippen molar-refractivity contribution in [3.05, 3.63) is 23.8 Å². The van der Waals surface area contributed by atoms with E-state index in [4.69, 9.17) is 0 Å². The Hall–Kier alpha value is -1.25. The highest BCUT2D eigenvalue weighted by Crippen LogP contribution is 2.28. The minimum Gasteiger partial charge on any atom is -0.332 e. The molecule has 0 aromatic carbocycles. The van der Waals surface area contributed by atoms with Crippen molar-refractivity contribution in [2.75, 3.05) is 13.1 Å². The minimum absolute atomic E-state index is 0.0418. The van der Waals surface area contributed by atoms with Crippen LogP contribution in [0.5, 0.6) is 0 Å². The van der Waals surface area contributed by atoms with Gasteiger partial charge in [0.1, 0.15) is 0 Å². The zero-order valence-electron chi connectivity index (χ0n) is 12.1. The number of hydrogen-bond donors (Lipinski definition) is 1. The number of nitrogens with one attached hydrogen (secondary N) is 1. The normalized spacial score (nSPS) is 23.2. The lowest BCUT2D eigenvalue weighted by molar-refractivity contribution is 0.198. The van der Waals surface area contributed by atoms with Crippen molar-refractivity contribution in [1.29, 1.82) is 0 Å². The van der Waals surface area contributed by atoms with Gasteiger partial charge < -0.3 is 10.2 Å². The summed E-state index contributed by atoms with van der Waals surface area (Å²) in [7, 11) is 0. The molecule has 0 fully saturated rings. The molecule has 2 atom stereocenters. The number of carbonyl (C=O) groups excluding carboxylic acids is 1. The predicted octanol–water partition coefficient (Wildman–Crippen LogP) is 3.34. The van der Waals surface area contributed by atoms with Crippen LogP contribution in [0.1, 0.15) is 40.5 Å². The molecule has 0 bridgehead atoms. The van der Waals surface area contributed by atoms with Gasteiger partial charge in [-0.05, 0) is 46.5 Å². The number of urea groups is 1. The highest BCUT2D eigenvalue weighted by molar-refractivity contribution is 5.74. The molecule has 1 aliphatic carbocycles. The number of hydrogen-bond acceptors (Lipinski definition) is 1. The second-order valence-corrected chi connectivity index (χ2v) is 5.14. The molecule has 0 spiro atoms. The first-order chi connectivity index (χ1) is 8.49. The molecule has 1 N–H and O–H groups in total.